The van der Waals surface area contributed by atoms with Gasteiger partial charge in [0, 0.05) is 0 Å². The maximum Gasteiger partial charge on any atom is 0.0786 e. The highest BCUT2D eigenvalue weighted by Crippen LogP contribution is 2.15. The van der Waals surface area contributed by atoms with Crippen LogP contribution in [0.3, 0.4) is 0 Å². The summed E-state index contributed by atoms with van der Waals surface area (Å²) >= 11 is 0. The zero-order valence-electron chi connectivity index (χ0n) is 19.3. The van der Waals surface area contributed by atoms with E-state index in [-0.39, 0.29) is 0 Å². The lowest BCUT2D eigenvalue weighted by atomic mass is 10.0. The molecular formula is C25H54N+. The summed E-state index contributed by atoms with van der Waals surface area (Å²) < 4.78 is 1.36. The third kappa shape index (κ3) is 15.1. The molecule has 0 aliphatic heterocycles. The topological polar surface area (TPSA) is 0 Å². The second-order valence-electron chi connectivity index (χ2n) is 8.72. The number of hydrogen-bond donors (Lipinski definition) is 0. The minimum absolute atomic E-state index is 1.32. The third-order valence-corrected chi connectivity index (χ3v) is 6.53. The van der Waals surface area contributed by atoms with Crippen LogP contribution < -0.4 is 0 Å². The number of nitrogens with zero attached hydrogens (tertiary/aromatic N) is 1. The monoisotopic (exact) mass is 368 g/mol. The molecule has 158 valence electrons. The summed E-state index contributed by atoms with van der Waals surface area (Å²) in [7, 11) is 0. The van der Waals surface area contributed by atoms with Gasteiger partial charge in [0.2, 0.25) is 0 Å². The largest absolute Gasteiger partial charge is 0.324 e. The van der Waals surface area contributed by atoms with Crippen LogP contribution in [0.2, 0.25) is 0 Å². The quantitative estimate of drug-likeness (QED) is 0.141. The molecule has 0 bridgehead atoms. The smallest absolute Gasteiger partial charge is 0.0786 e. The molecular weight excluding hydrogens is 314 g/mol. The summed E-state index contributed by atoms with van der Waals surface area (Å²) in [5.74, 6) is 0. The Balaban J connectivity index is 3.29. The van der Waals surface area contributed by atoms with Crippen molar-refractivity contribution in [1.29, 1.82) is 0 Å². The molecule has 0 saturated heterocycles. The second-order valence-corrected chi connectivity index (χ2v) is 8.72. The van der Waals surface area contributed by atoms with Crippen molar-refractivity contribution in [2.75, 3.05) is 26.2 Å². The van der Waals surface area contributed by atoms with Gasteiger partial charge < -0.3 is 4.48 Å². The molecule has 1 heteroatoms. The van der Waals surface area contributed by atoms with Crippen LogP contribution in [0.5, 0.6) is 0 Å². The van der Waals surface area contributed by atoms with Gasteiger partial charge in [-0.05, 0) is 33.1 Å². The van der Waals surface area contributed by atoms with E-state index in [1.165, 1.54) is 140 Å². The molecule has 0 aromatic rings. The lowest BCUT2D eigenvalue weighted by Gasteiger charge is -2.36. The Morgan fingerprint density at radius 1 is 0.346 bits per heavy atom. The molecule has 0 aromatic carbocycles. The van der Waals surface area contributed by atoms with E-state index in [2.05, 4.69) is 27.7 Å². The average molecular weight is 369 g/mol. The Hall–Kier alpha value is -0.0400. The van der Waals surface area contributed by atoms with E-state index in [4.69, 9.17) is 0 Å². The van der Waals surface area contributed by atoms with Gasteiger partial charge in [-0.3, -0.25) is 0 Å². The Morgan fingerprint density at radius 2 is 0.692 bits per heavy atom. The fraction of sp³-hybridized carbons (Fsp3) is 1.00. The minimum atomic E-state index is 1.32. The van der Waals surface area contributed by atoms with Crippen molar-refractivity contribution >= 4 is 0 Å². The summed E-state index contributed by atoms with van der Waals surface area (Å²) in [5, 5.41) is 0. The molecule has 0 atom stereocenters. The second kappa shape index (κ2) is 19.7. The predicted octanol–water partition coefficient (Wildman–Crippen LogP) is 8.51. The first kappa shape index (κ1) is 26.0. The van der Waals surface area contributed by atoms with Gasteiger partial charge in [0.05, 0.1) is 26.2 Å². The average Bonchev–Trinajstić information content (AvgIpc) is 2.66. The molecule has 0 unspecified atom stereocenters. The van der Waals surface area contributed by atoms with Crippen molar-refractivity contribution in [3.63, 3.8) is 0 Å². The number of unbranched alkanes of at least 4 members (excludes halogenated alkanes) is 15. The molecule has 26 heavy (non-hydrogen) atoms. The van der Waals surface area contributed by atoms with Crippen LogP contribution in [0.15, 0.2) is 0 Å². The Kier molecular flexibility index (Phi) is 19.7. The standard InChI is InChI=1S/C25H54N/c1-5-9-10-11-12-13-14-15-16-17-18-19-20-21-22-23-25-26(7-3,8-4)24-6-2/h5-25H2,1-4H3/q+1. The highest BCUT2D eigenvalue weighted by atomic mass is 15.3. The highest BCUT2D eigenvalue weighted by Gasteiger charge is 2.20. The van der Waals surface area contributed by atoms with Crippen molar-refractivity contribution < 1.29 is 4.48 Å². The van der Waals surface area contributed by atoms with E-state index >= 15 is 0 Å². The van der Waals surface area contributed by atoms with Crippen LogP contribution >= 0.6 is 0 Å². The summed E-state index contributed by atoms with van der Waals surface area (Å²) in [6, 6.07) is 0. The van der Waals surface area contributed by atoms with Crippen molar-refractivity contribution in [3.8, 4) is 0 Å². The molecule has 0 spiro atoms. The van der Waals surface area contributed by atoms with Gasteiger partial charge in [-0.15, -0.1) is 0 Å². The molecule has 0 rings (SSSR count). The summed E-state index contributed by atoms with van der Waals surface area (Å²) in [6.07, 6.45) is 24.8. The molecule has 1 nitrogen and oxygen atoms in total. The molecule has 0 aromatic heterocycles. The van der Waals surface area contributed by atoms with Crippen molar-refractivity contribution in [1.82, 2.24) is 0 Å². The van der Waals surface area contributed by atoms with E-state index in [1.54, 1.807) is 0 Å². The van der Waals surface area contributed by atoms with Gasteiger partial charge in [0.15, 0.2) is 0 Å². The van der Waals surface area contributed by atoms with E-state index in [1.807, 2.05) is 0 Å². The van der Waals surface area contributed by atoms with E-state index in [0.717, 1.165) is 0 Å². The molecule has 0 saturated carbocycles. The van der Waals surface area contributed by atoms with Crippen LogP contribution in [-0.2, 0) is 0 Å². The molecule has 0 radical (unpaired) electrons. The molecule has 0 aliphatic carbocycles. The zero-order chi connectivity index (χ0) is 19.3. The van der Waals surface area contributed by atoms with Crippen molar-refractivity contribution in [3.05, 3.63) is 0 Å². The SMILES string of the molecule is CCCCCCCCCCCCCCCCCC[N+](CC)(CC)CCC. The summed E-state index contributed by atoms with van der Waals surface area (Å²) in [6.45, 7) is 14.8. The fourth-order valence-electron chi connectivity index (χ4n) is 4.44. The molecule has 0 heterocycles. The third-order valence-electron chi connectivity index (χ3n) is 6.53. The Labute approximate surface area is 167 Å². The van der Waals surface area contributed by atoms with Gasteiger partial charge in [0.1, 0.15) is 0 Å². The first-order valence-corrected chi connectivity index (χ1v) is 12.6. The molecule has 0 fully saturated rings. The molecule has 0 amide bonds. The van der Waals surface area contributed by atoms with Crippen LogP contribution in [-0.4, -0.2) is 30.7 Å². The summed E-state index contributed by atoms with van der Waals surface area (Å²) in [4.78, 5) is 0. The van der Waals surface area contributed by atoms with Gasteiger partial charge in [0.25, 0.3) is 0 Å². The fourth-order valence-corrected chi connectivity index (χ4v) is 4.44. The Morgan fingerprint density at radius 3 is 1.00 bits per heavy atom. The highest BCUT2D eigenvalue weighted by molar-refractivity contribution is 4.50. The van der Waals surface area contributed by atoms with Crippen LogP contribution in [0.25, 0.3) is 0 Å². The van der Waals surface area contributed by atoms with Gasteiger partial charge in [-0.2, -0.15) is 0 Å². The number of hydrogen-bond acceptors (Lipinski definition) is 0. The number of rotatable bonds is 21. The van der Waals surface area contributed by atoms with Crippen LogP contribution in [0.4, 0.5) is 0 Å². The minimum Gasteiger partial charge on any atom is -0.324 e. The van der Waals surface area contributed by atoms with Crippen LogP contribution in [0, 0.1) is 0 Å². The maximum absolute atomic E-state index is 2.38. The van der Waals surface area contributed by atoms with Gasteiger partial charge >= 0.3 is 0 Å². The number of quaternary nitrogens is 1. The van der Waals surface area contributed by atoms with Crippen molar-refractivity contribution in [2.45, 2.75) is 137 Å². The maximum atomic E-state index is 2.38. The lowest BCUT2D eigenvalue weighted by Crippen LogP contribution is -2.48. The first-order valence-electron chi connectivity index (χ1n) is 12.6. The van der Waals surface area contributed by atoms with Gasteiger partial charge in [-0.25, -0.2) is 0 Å². The molecule has 0 N–H and O–H groups in total. The first-order chi connectivity index (χ1) is 12.7. The molecule has 0 aliphatic rings. The van der Waals surface area contributed by atoms with E-state index in [9.17, 15) is 0 Å². The van der Waals surface area contributed by atoms with Crippen molar-refractivity contribution in [2.24, 2.45) is 0 Å². The normalized spacial score (nSPS) is 12.0. The van der Waals surface area contributed by atoms with Crippen LogP contribution in [0.1, 0.15) is 137 Å². The lowest BCUT2D eigenvalue weighted by molar-refractivity contribution is -0.925. The summed E-state index contributed by atoms with van der Waals surface area (Å²) in [5.41, 5.74) is 0. The van der Waals surface area contributed by atoms with Gasteiger partial charge in [-0.1, -0.05) is 104 Å². The van der Waals surface area contributed by atoms with E-state index < -0.39 is 0 Å². The Bertz CT molecular complexity index is 257. The predicted molar refractivity (Wildman–Crippen MR) is 121 cm³/mol. The van der Waals surface area contributed by atoms with E-state index in [0.29, 0.717) is 0 Å². The zero-order valence-corrected chi connectivity index (χ0v) is 19.3.